The van der Waals surface area contributed by atoms with Crippen molar-refractivity contribution in [2.75, 3.05) is 6.54 Å². The van der Waals surface area contributed by atoms with Gasteiger partial charge in [0, 0.05) is 6.20 Å². The maximum absolute atomic E-state index is 7.25. The lowest BCUT2D eigenvalue weighted by molar-refractivity contribution is 0.660. The van der Waals surface area contributed by atoms with Gasteiger partial charge < -0.3 is 4.90 Å². The Morgan fingerprint density at radius 2 is 2.40 bits per heavy atom. The fourth-order valence-electron chi connectivity index (χ4n) is 1.04. The van der Waals surface area contributed by atoms with Crippen molar-refractivity contribution >= 4 is 11.7 Å². The monoisotopic (exact) mass is 133 g/mol. The summed E-state index contributed by atoms with van der Waals surface area (Å²) < 4.78 is 0. The smallest absolute Gasteiger partial charge is 0.143 e. The van der Waals surface area contributed by atoms with Gasteiger partial charge in [0.05, 0.1) is 6.54 Å². The Balaban J connectivity index is 2.37. The largest absolute Gasteiger partial charge is 0.325 e. The molecule has 0 amide bonds. The highest BCUT2D eigenvalue weighted by Crippen LogP contribution is 2.08. The standard InChI is InChI=1S/C7H7N3/c8-6-5-10-4-2-1-3-7(10)9-6/h1-4,8H,5H2. The number of rotatable bonds is 0. The lowest BCUT2D eigenvalue weighted by Crippen LogP contribution is -2.21. The van der Waals surface area contributed by atoms with Gasteiger partial charge in [0.2, 0.25) is 0 Å². The van der Waals surface area contributed by atoms with Crippen molar-refractivity contribution in [3.05, 3.63) is 24.4 Å². The number of nitrogens with zero attached hydrogens (tertiary/aromatic N) is 2. The molecule has 0 saturated carbocycles. The van der Waals surface area contributed by atoms with Crippen molar-refractivity contribution in [1.82, 2.24) is 4.90 Å². The Morgan fingerprint density at radius 3 is 3.20 bits per heavy atom. The van der Waals surface area contributed by atoms with Crippen molar-refractivity contribution in [2.45, 2.75) is 0 Å². The maximum Gasteiger partial charge on any atom is 0.143 e. The molecule has 0 aromatic rings. The molecule has 50 valence electrons. The third-order valence-corrected chi connectivity index (χ3v) is 1.49. The minimum atomic E-state index is 0.436. The molecular formula is C7H7N3. The Morgan fingerprint density at radius 1 is 1.50 bits per heavy atom. The van der Waals surface area contributed by atoms with Gasteiger partial charge >= 0.3 is 0 Å². The van der Waals surface area contributed by atoms with Gasteiger partial charge in [-0.1, -0.05) is 6.08 Å². The number of nitrogens with one attached hydrogen (secondary N) is 1. The number of amidine groups is 2. The first kappa shape index (κ1) is 5.41. The Bertz CT molecular complexity index is 260. The van der Waals surface area contributed by atoms with Crippen LogP contribution in [0.4, 0.5) is 0 Å². The van der Waals surface area contributed by atoms with Crippen LogP contribution in [0.5, 0.6) is 0 Å². The van der Waals surface area contributed by atoms with Crippen molar-refractivity contribution in [3.8, 4) is 0 Å². The minimum absolute atomic E-state index is 0.436. The van der Waals surface area contributed by atoms with E-state index >= 15 is 0 Å². The SMILES string of the molecule is N=C1CN2C=CC=CC2=N1. The molecule has 0 aromatic heterocycles. The van der Waals surface area contributed by atoms with E-state index in [0.717, 1.165) is 5.84 Å². The molecule has 0 aliphatic carbocycles. The average Bonchev–Trinajstić information content (AvgIpc) is 2.27. The molecule has 0 fully saturated rings. The van der Waals surface area contributed by atoms with Crippen LogP contribution in [-0.4, -0.2) is 23.1 Å². The van der Waals surface area contributed by atoms with Crippen LogP contribution in [0.3, 0.4) is 0 Å². The Kier molecular flexibility index (Phi) is 0.974. The summed E-state index contributed by atoms with van der Waals surface area (Å²) in [6.07, 6.45) is 7.70. The first-order valence-corrected chi connectivity index (χ1v) is 3.14. The molecule has 2 rings (SSSR count). The summed E-state index contributed by atoms with van der Waals surface area (Å²) in [7, 11) is 0. The van der Waals surface area contributed by atoms with Crippen LogP contribution in [0.25, 0.3) is 0 Å². The topological polar surface area (TPSA) is 39.5 Å². The molecule has 0 unspecified atom stereocenters. The highest BCUT2D eigenvalue weighted by Gasteiger charge is 2.16. The van der Waals surface area contributed by atoms with Crippen LogP contribution in [0, 0.1) is 5.41 Å². The normalized spacial score (nSPS) is 21.4. The molecule has 1 N–H and O–H groups in total. The summed E-state index contributed by atoms with van der Waals surface area (Å²) in [4.78, 5) is 5.95. The van der Waals surface area contributed by atoms with E-state index in [2.05, 4.69) is 4.99 Å². The van der Waals surface area contributed by atoms with Gasteiger partial charge in [-0.25, -0.2) is 4.99 Å². The number of aliphatic imine (C=N–C) groups is 1. The van der Waals surface area contributed by atoms with E-state index < -0.39 is 0 Å². The molecule has 2 heterocycles. The van der Waals surface area contributed by atoms with Crippen molar-refractivity contribution < 1.29 is 0 Å². The first-order chi connectivity index (χ1) is 4.86. The summed E-state index contributed by atoms with van der Waals surface area (Å²) in [6.45, 7) is 0.621. The maximum atomic E-state index is 7.25. The van der Waals surface area contributed by atoms with Crippen LogP contribution in [0.1, 0.15) is 0 Å². The molecule has 0 radical (unpaired) electrons. The van der Waals surface area contributed by atoms with E-state index in [9.17, 15) is 0 Å². The fourth-order valence-corrected chi connectivity index (χ4v) is 1.04. The van der Waals surface area contributed by atoms with Crippen LogP contribution < -0.4 is 0 Å². The molecule has 0 aromatic carbocycles. The van der Waals surface area contributed by atoms with E-state index in [-0.39, 0.29) is 0 Å². The van der Waals surface area contributed by atoms with Crippen molar-refractivity contribution in [1.29, 1.82) is 5.41 Å². The molecular weight excluding hydrogens is 126 g/mol. The first-order valence-electron chi connectivity index (χ1n) is 3.14. The van der Waals surface area contributed by atoms with Crippen LogP contribution >= 0.6 is 0 Å². The van der Waals surface area contributed by atoms with Gasteiger partial charge in [0.25, 0.3) is 0 Å². The third kappa shape index (κ3) is 0.673. The average molecular weight is 133 g/mol. The molecule has 3 nitrogen and oxygen atoms in total. The molecule has 10 heavy (non-hydrogen) atoms. The van der Waals surface area contributed by atoms with Crippen molar-refractivity contribution in [3.63, 3.8) is 0 Å². The summed E-state index contributed by atoms with van der Waals surface area (Å²) in [5.41, 5.74) is 0. The molecule has 0 saturated heterocycles. The molecule has 2 aliphatic heterocycles. The second kappa shape index (κ2) is 1.80. The van der Waals surface area contributed by atoms with Gasteiger partial charge in [0.15, 0.2) is 0 Å². The zero-order valence-electron chi connectivity index (χ0n) is 5.41. The molecule has 0 bridgehead atoms. The minimum Gasteiger partial charge on any atom is -0.325 e. The fraction of sp³-hybridized carbons (Fsp3) is 0.143. The lowest BCUT2D eigenvalue weighted by atomic mass is 10.3. The van der Waals surface area contributed by atoms with Crippen LogP contribution in [0.2, 0.25) is 0 Å². The molecule has 2 aliphatic rings. The predicted octanol–water partition coefficient (Wildman–Crippen LogP) is 0.761. The second-order valence-corrected chi connectivity index (χ2v) is 2.25. The zero-order valence-corrected chi connectivity index (χ0v) is 5.41. The lowest BCUT2D eigenvalue weighted by Gasteiger charge is -2.13. The van der Waals surface area contributed by atoms with Gasteiger partial charge in [-0.2, -0.15) is 0 Å². The highest BCUT2D eigenvalue weighted by molar-refractivity contribution is 6.09. The summed E-state index contributed by atoms with van der Waals surface area (Å²) >= 11 is 0. The molecule has 0 spiro atoms. The van der Waals surface area contributed by atoms with Gasteiger partial charge in [-0.05, 0) is 12.2 Å². The quantitative estimate of drug-likeness (QED) is 0.520. The van der Waals surface area contributed by atoms with E-state index in [1.54, 1.807) is 0 Å². The Labute approximate surface area is 58.9 Å². The summed E-state index contributed by atoms with van der Waals surface area (Å²) in [6, 6.07) is 0. The molecule has 0 atom stereocenters. The molecule has 3 heteroatoms. The summed E-state index contributed by atoms with van der Waals surface area (Å²) in [5.74, 6) is 1.32. The van der Waals surface area contributed by atoms with Gasteiger partial charge in [0.1, 0.15) is 11.7 Å². The van der Waals surface area contributed by atoms with E-state index in [1.807, 2.05) is 29.3 Å². The van der Waals surface area contributed by atoms with E-state index in [0.29, 0.717) is 12.4 Å². The number of hydrogen-bond donors (Lipinski definition) is 1. The number of fused-ring (bicyclic) bond motifs is 1. The highest BCUT2D eigenvalue weighted by atomic mass is 15.2. The van der Waals surface area contributed by atoms with Gasteiger partial charge in [-0.15, -0.1) is 0 Å². The predicted molar refractivity (Wildman–Crippen MR) is 40.1 cm³/mol. The zero-order chi connectivity index (χ0) is 6.97. The van der Waals surface area contributed by atoms with E-state index in [4.69, 9.17) is 5.41 Å². The van der Waals surface area contributed by atoms with Crippen LogP contribution in [0.15, 0.2) is 29.4 Å². The third-order valence-electron chi connectivity index (χ3n) is 1.49. The number of hydrogen-bond acceptors (Lipinski definition) is 2. The van der Waals surface area contributed by atoms with Gasteiger partial charge in [-0.3, -0.25) is 5.41 Å². The van der Waals surface area contributed by atoms with Crippen molar-refractivity contribution in [2.24, 2.45) is 4.99 Å². The van der Waals surface area contributed by atoms with E-state index in [1.165, 1.54) is 0 Å². The Hall–Kier alpha value is -1.38. The second-order valence-electron chi connectivity index (χ2n) is 2.25. The summed E-state index contributed by atoms with van der Waals surface area (Å²) in [5, 5.41) is 7.25. The van der Waals surface area contributed by atoms with Crippen LogP contribution in [-0.2, 0) is 0 Å². The number of allylic oxidation sites excluding steroid dienone is 2.